The van der Waals surface area contributed by atoms with Gasteiger partial charge in [-0.1, -0.05) is 83.9 Å². The average Bonchev–Trinajstić information content (AvgIpc) is 2.97. The Bertz CT molecular complexity index is 1460. The molecule has 0 spiro atoms. The van der Waals surface area contributed by atoms with Crippen molar-refractivity contribution in [2.75, 3.05) is 0 Å². The zero-order valence-electron chi connectivity index (χ0n) is 21.7. The maximum absolute atomic E-state index is 12.7. The first-order chi connectivity index (χ1) is 19.1. The quantitative estimate of drug-likeness (QED) is 0.287. The Kier molecular flexibility index (Phi) is 7.46. The SMILES string of the molecule is C[C@@H]1Oc2ccc(Cl)cc2C(=O)[C@]1(O)c1ccccc1.C[C@@H]1Oc2ccc(Cl)cc2C(=O)[C@]1(O)c1ccccc1. The molecule has 6 rings (SSSR count). The van der Waals surface area contributed by atoms with Crippen LogP contribution < -0.4 is 9.47 Å². The molecule has 0 aromatic heterocycles. The Labute approximate surface area is 241 Å². The van der Waals surface area contributed by atoms with Gasteiger partial charge in [0, 0.05) is 10.0 Å². The molecule has 0 saturated heterocycles. The van der Waals surface area contributed by atoms with Gasteiger partial charge in [0.2, 0.25) is 11.6 Å². The lowest BCUT2D eigenvalue weighted by Gasteiger charge is -2.37. The van der Waals surface area contributed by atoms with Crippen molar-refractivity contribution in [1.29, 1.82) is 0 Å². The van der Waals surface area contributed by atoms with Crippen LogP contribution in [0.25, 0.3) is 0 Å². The first-order valence-electron chi connectivity index (χ1n) is 12.6. The maximum atomic E-state index is 12.7. The van der Waals surface area contributed by atoms with Gasteiger partial charge in [0.05, 0.1) is 11.1 Å². The van der Waals surface area contributed by atoms with E-state index in [0.717, 1.165) is 0 Å². The molecule has 0 bridgehead atoms. The van der Waals surface area contributed by atoms with Crippen LogP contribution >= 0.6 is 23.2 Å². The summed E-state index contributed by atoms with van der Waals surface area (Å²) >= 11 is 11.9. The molecule has 4 aromatic rings. The Hall–Kier alpha value is -3.68. The van der Waals surface area contributed by atoms with Crippen LogP contribution in [0, 0.1) is 0 Å². The fourth-order valence-corrected chi connectivity index (χ4v) is 5.36. The normalized spacial score (nSPS) is 24.9. The van der Waals surface area contributed by atoms with E-state index in [9.17, 15) is 19.8 Å². The third-order valence-corrected chi connectivity index (χ3v) is 7.75. The molecule has 4 atom stereocenters. The molecule has 2 aliphatic rings. The summed E-state index contributed by atoms with van der Waals surface area (Å²) in [6, 6.07) is 27.3. The van der Waals surface area contributed by atoms with E-state index in [1.165, 1.54) is 12.1 Å². The molecule has 0 aliphatic carbocycles. The second kappa shape index (κ2) is 10.7. The number of ketones is 2. The van der Waals surface area contributed by atoms with Crippen molar-refractivity contribution in [1.82, 2.24) is 0 Å². The number of halogens is 2. The van der Waals surface area contributed by atoms with Crippen LogP contribution in [0.1, 0.15) is 45.7 Å². The summed E-state index contributed by atoms with van der Waals surface area (Å²) in [5.74, 6) is 0.125. The monoisotopic (exact) mass is 576 g/mol. The van der Waals surface area contributed by atoms with Crippen molar-refractivity contribution < 1.29 is 29.3 Å². The van der Waals surface area contributed by atoms with Gasteiger partial charge in [0.15, 0.2) is 11.2 Å². The number of carbonyl (C=O) groups is 2. The summed E-state index contributed by atoms with van der Waals surface area (Å²) in [6.45, 7) is 3.37. The van der Waals surface area contributed by atoms with Crippen molar-refractivity contribution in [2.24, 2.45) is 0 Å². The number of ether oxygens (including phenoxy) is 2. The predicted octanol–water partition coefficient (Wildman–Crippen LogP) is 6.38. The predicted molar refractivity (Wildman–Crippen MR) is 152 cm³/mol. The summed E-state index contributed by atoms with van der Waals surface area (Å²) in [5, 5.41) is 22.7. The van der Waals surface area contributed by atoms with Gasteiger partial charge in [0.1, 0.15) is 23.7 Å². The summed E-state index contributed by atoms with van der Waals surface area (Å²) in [4.78, 5) is 25.4. The largest absolute Gasteiger partial charge is 0.486 e. The zero-order chi connectivity index (χ0) is 28.7. The standard InChI is InChI=1S/2C16H13ClO3/c2*1-10-16(19,11-5-3-2-4-6-11)15(18)13-9-12(17)7-8-14(13)20-10/h2*2-10,19H,1H3/t2*10-,16+/m00/s1. The molecule has 0 fully saturated rings. The van der Waals surface area contributed by atoms with Gasteiger partial charge in [0.25, 0.3) is 0 Å². The highest BCUT2D eigenvalue weighted by atomic mass is 35.5. The second-order valence-corrected chi connectivity index (χ2v) is 10.6. The van der Waals surface area contributed by atoms with Gasteiger partial charge >= 0.3 is 0 Å². The Morgan fingerprint density at radius 2 is 0.950 bits per heavy atom. The van der Waals surface area contributed by atoms with E-state index in [2.05, 4.69) is 0 Å². The Morgan fingerprint density at radius 3 is 1.30 bits per heavy atom. The van der Waals surface area contributed by atoms with E-state index >= 15 is 0 Å². The molecule has 6 nitrogen and oxygen atoms in total. The molecule has 2 heterocycles. The molecular formula is C32H26Cl2O6. The molecule has 0 saturated carbocycles. The number of carbonyl (C=O) groups excluding carboxylic acids is 2. The van der Waals surface area contributed by atoms with E-state index in [4.69, 9.17) is 32.7 Å². The number of hydrogen-bond donors (Lipinski definition) is 2. The van der Waals surface area contributed by atoms with Crippen LogP contribution in [0.15, 0.2) is 97.1 Å². The summed E-state index contributed by atoms with van der Waals surface area (Å²) in [6.07, 6.45) is -1.35. The molecule has 4 aromatic carbocycles. The van der Waals surface area contributed by atoms with Crippen LogP contribution in [0.4, 0.5) is 0 Å². The zero-order valence-corrected chi connectivity index (χ0v) is 23.2. The van der Waals surface area contributed by atoms with Crippen LogP contribution in [0.5, 0.6) is 11.5 Å². The van der Waals surface area contributed by atoms with Gasteiger partial charge in [-0.2, -0.15) is 0 Å². The first kappa shape index (κ1) is 27.9. The number of benzene rings is 4. The highest BCUT2D eigenvalue weighted by molar-refractivity contribution is 6.31. The molecule has 40 heavy (non-hydrogen) atoms. The van der Waals surface area contributed by atoms with Crippen molar-refractivity contribution in [3.63, 3.8) is 0 Å². The summed E-state index contributed by atoms with van der Waals surface area (Å²) in [7, 11) is 0. The number of aliphatic hydroxyl groups is 2. The fourth-order valence-electron chi connectivity index (χ4n) is 5.01. The lowest BCUT2D eigenvalue weighted by molar-refractivity contribution is -0.0440. The number of Topliss-reactive ketones (excluding diaryl/α,β-unsaturated/α-hetero) is 2. The van der Waals surface area contributed by atoms with Gasteiger partial charge in [-0.3, -0.25) is 9.59 Å². The van der Waals surface area contributed by atoms with Gasteiger partial charge in [-0.05, 0) is 61.4 Å². The summed E-state index contributed by atoms with van der Waals surface area (Å²) < 4.78 is 11.4. The number of rotatable bonds is 2. The molecule has 0 amide bonds. The van der Waals surface area contributed by atoms with Crippen molar-refractivity contribution in [2.45, 2.75) is 37.3 Å². The minimum absolute atomic E-state index is 0.307. The lowest BCUT2D eigenvalue weighted by atomic mass is 9.80. The van der Waals surface area contributed by atoms with Crippen molar-refractivity contribution >= 4 is 34.8 Å². The molecule has 204 valence electrons. The average molecular weight is 577 g/mol. The van der Waals surface area contributed by atoms with Crippen LogP contribution in [-0.4, -0.2) is 34.0 Å². The Morgan fingerprint density at radius 1 is 0.600 bits per heavy atom. The van der Waals surface area contributed by atoms with Crippen LogP contribution in [-0.2, 0) is 11.2 Å². The first-order valence-corrected chi connectivity index (χ1v) is 13.4. The van der Waals surface area contributed by atoms with Crippen molar-refractivity contribution in [3.05, 3.63) is 129 Å². The van der Waals surface area contributed by atoms with E-state index in [1.807, 2.05) is 12.1 Å². The highest BCUT2D eigenvalue weighted by Crippen LogP contribution is 2.41. The van der Waals surface area contributed by atoms with Crippen molar-refractivity contribution in [3.8, 4) is 11.5 Å². The highest BCUT2D eigenvalue weighted by Gasteiger charge is 2.50. The van der Waals surface area contributed by atoms with E-state index in [0.29, 0.717) is 43.8 Å². The third-order valence-electron chi connectivity index (χ3n) is 7.28. The van der Waals surface area contributed by atoms with E-state index < -0.39 is 23.4 Å². The molecular weight excluding hydrogens is 551 g/mol. The summed E-state index contributed by atoms with van der Waals surface area (Å²) in [5.41, 5.74) is -1.74. The molecule has 8 heteroatoms. The van der Waals surface area contributed by atoms with Gasteiger partial charge in [-0.25, -0.2) is 0 Å². The topological polar surface area (TPSA) is 93.1 Å². The van der Waals surface area contributed by atoms with Gasteiger partial charge in [-0.15, -0.1) is 0 Å². The number of fused-ring (bicyclic) bond motifs is 2. The molecule has 0 unspecified atom stereocenters. The third kappa shape index (κ3) is 4.67. The van der Waals surface area contributed by atoms with Gasteiger partial charge < -0.3 is 19.7 Å². The molecule has 2 N–H and O–H groups in total. The minimum Gasteiger partial charge on any atom is -0.486 e. The number of hydrogen-bond acceptors (Lipinski definition) is 6. The molecule has 0 radical (unpaired) electrons. The smallest absolute Gasteiger partial charge is 0.206 e. The Balaban J connectivity index is 0.000000161. The van der Waals surface area contributed by atoms with E-state index in [-0.39, 0.29) is 11.6 Å². The second-order valence-electron chi connectivity index (χ2n) is 9.72. The minimum atomic E-state index is -1.70. The fraction of sp³-hybridized carbons (Fsp3) is 0.188. The van der Waals surface area contributed by atoms with E-state index in [1.54, 1.807) is 86.6 Å². The molecule has 2 aliphatic heterocycles. The maximum Gasteiger partial charge on any atom is 0.206 e. The van der Waals surface area contributed by atoms with Crippen LogP contribution in [0.2, 0.25) is 10.0 Å². The lowest BCUT2D eigenvalue weighted by Crippen LogP contribution is -2.51. The van der Waals surface area contributed by atoms with Crippen LogP contribution in [0.3, 0.4) is 0 Å².